The second-order valence-corrected chi connectivity index (χ2v) is 8.60. The van der Waals surface area contributed by atoms with Gasteiger partial charge in [-0.15, -0.1) is 0 Å². The highest BCUT2D eigenvalue weighted by molar-refractivity contribution is 6.33. The molecule has 0 aliphatic carbocycles. The number of primary amides is 1. The van der Waals surface area contributed by atoms with Crippen LogP contribution in [0, 0.1) is 0 Å². The van der Waals surface area contributed by atoms with Gasteiger partial charge in [-0.05, 0) is 54.8 Å². The SMILES string of the molecule is CC(C)(O)C1=NN(c2ccccc2Cl)C(c2ccc(-c3cccc(C(N)=O)c3)cc2)C1. The van der Waals surface area contributed by atoms with Crippen LogP contribution in [0.1, 0.15) is 42.2 Å². The highest BCUT2D eigenvalue weighted by Gasteiger charge is 2.36. The number of rotatable bonds is 5. The molecular weight excluding hydrogens is 410 g/mol. The van der Waals surface area contributed by atoms with Crippen LogP contribution in [0.5, 0.6) is 0 Å². The molecule has 5 nitrogen and oxygen atoms in total. The molecule has 3 N–H and O–H groups in total. The summed E-state index contributed by atoms with van der Waals surface area (Å²) in [6.07, 6.45) is 0.589. The molecule has 0 saturated heterocycles. The fraction of sp³-hybridized carbons (Fsp3) is 0.200. The predicted octanol–water partition coefficient (Wildman–Crippen LogP) is 5.18. The van der Waals surface area contributed by atoms with E-state index in [4.69, 9.17) is 22.4 Å². The first kappa shape index (κ1) is 21.1. The maximum absolute atomic E-state index is 11.5. The van der Waals surface area contributed by atoms with E-state index in [-0.39, 0.29) is 6.04 Å². The molecule has 0 spiro atoms. The number of nitrogens with zero attached hydrogens (tertiary/aromatic N) is 2. The van der Waals surface area contributed by atoms with Gasteiger partial charge in [0.25, 0.3) is 0 Å². The van der Waals surface area contributed by atoms with Crippen molar-refractivity contribution >= 4 is 28.9 Å². The third-order valence-corrected chi connectivity index (χ3v) is 5.81. The van der Waals surface area contributed by atoms with Gasteiger partial charge in [0.1, 0.15) is 0 Å². The second kappa shape index (κ2) is 8.17. The molecule has 3 aromatic carbocycles. The van der Waals surface area contributed by atoms with E-state index in [1.165, 1.54) is 0 Å². The van der Waals surface area contributed by atoms with Crippen LogP contribution in [0.25, 0.3) is 11.1 Å². The van der Waals surface area contributed by atoms with E-state index in [0.29, 0.717) is 22.7 Å². The van der Waals surface area contributed by atoms with Crippen LogP contribution in [0.3, 0.4) is 0 Å². The lowest BCUT2D eigenvalue weighted by Gasteiger charge is -2.25. The summed E-state index contributed by atoms with van der Waals surface area (Å²) in [5.41, 5.74) is 9.32. The van der Waals surface area contributed by atoms with Gasteiger partial charge in [0.2, 0.25) is 5.91 Å². The minimum absolute atomic E-state index is 0.0904. The number of halogens is 1. The molecule has 1 aliphatic heterocycles. The largest absolute Gasteiger partial charge is 0.384 e. The molecule has 1 unspecified atom stereocenters. The lowest BCUT2D eigenvalue weighted by atomic mass is 9.93. The highest BCUT2D eigenvalue weighted by atomic mass is 35.5. The number of carbonyl (C=O) groups excluding carboxylic acids is 1. The molecule has 0 aromatic heterocycles. The summed E-state index contributed by atoms with van der Waals surface area (Å²) >= 11 is 6.45. The zero-order valence-electron chi connectivity index (χ0n) is 17.4. The molecule has 0 radical (unpaired) electrons. The minimum atomic E-state index is -1.02. The fourth-order valence-corrected chi connectivity index (χ4v) is 3.97. The van der Waals surface area contributed by atoms with Crippen molar-refractivity contribution in [2.45, 2.75) is 31.9 Å². The normalized spacial score (nSPS) is 16.3. The Morgan fingerprint density at radius 3 is 2.42 bits per heavy atom. The molecule has 4 rings (SSSR count). The standard InChI is InChI=1S/C25H24ClN3O2/c1-25(2,31)23-15-22(29(28-23)21-9-4-3-8-20(21)26)17-12-10-16(11-13-17)18-6-5-7-19(14-18)24(27)30/h3-14,22,31H,15H2,1-2H3,(H2,27,30). The van der Waals surface area contributed by atoms with Crippen LogP contribution < -0.4 is 10.7 Å². The van der Waals surface area contributed by atoms with E-state index in [1.807, 2.05) is 65.7 Å². The fourth-order valence-electron chi connectivity index (χ4n) is 3.75. The Balaban J connectivity index is 1.68. The molecule has 158 valence electrons. The zero-order valence-corrected chi connectivity index (χ0v) is 18.2. The molecule has 31 heavy (non-hydrogen) atoms. The smallest absolute Gasteiger partial charge is 0.248 e. The maximum Gasteiger partial charge on any atom is 0.248 e. The number of aliphatic hydroxyl groups is 1. The Bertz CT molecular complexity index is 1150. The minimum Gasteiger partial charge on any atom is -0.384 e. The molecule has 1 heterocycles. The summed E-state index contributed by atoms with van der Waals surface area (Å²) in [6, 6.07) is 22.9. The number of hydrogen-bond acceptors (Lipinski definition) is 4. The van der Waals surface area contributed by atoms with Crippen molar-refractivity contribution in [2.24, 2.45) is 10.8 Å². The highest BCUT2D eigenvalue weighted by Crippen LogP contribution is 2.40. The van der Waals surface area contributed by atoms with Crippen LogP contribution in [-0.4, -0.2) is 22.3 Å². The van der Waals surface area contributed by atoms with Gasteiger partial charge in [0.15, 0.2) is 0 Å². The lowest BCUT2D eigenvalue weighted by molar-refractivity contribution is 0.1000. The van der Waals surface area contributed by atoms with Gasteiger partial charge in [0, 0.05) is 12.0 Å². The number of para-hydroxylation sites is 1. The van der Waals surface area contributed by atoms with E-state index in [0.717, 1.165) is 22.4 Å². The third kappa shape index (κ3) is 4.33. The van der Waals surface area contributed by atoms with Gasteiger partial charge in [-0.2, -0.15) is 5.10 Å². The van der Waals surface area contributed by atoms with Crippen LogP contribution in [-0.2, 0) is 0 Å². The number of hydrogen-bond donors (Lipinski definition) is 2. The quantitative estimate of drug-likeness (QED) is 0.581. The first-order valence-corrected chi connectivity index (χ1v) is 10.5. The van der Waals surface area contributed by atoms with Crippen molar-refractivity contribution in [1.29, 1.82) is 0 Å². The molecular formula is C25H24ClN3O2. The number of hydrazone groups is 1. The molecule has 6 heteroatoms. The third-order valence-electron chi connectivity index (χ3n) is 5.49. The topological polar surface area (TPSA) is 78.9 Å². The first-order valence-electron chi connectivity index (χ1n) is 10.1. The maximum atomic E-state index is 11.5. The molecule has 1 atom stereocenters. The van der Waals surface area contributed by atoms with Gasteiger partial charge in [0.05, 0.1) is 28.1 Å². The van der Waals surface area contributed by atoms with Gasteiger partial charge in [-0.25, -0.2) is 0 Å². The Morgan fingerprint density at radius 2 is 1.77 bits per heavy atom. The molecule has 1 amide bonds. The van der Waals surface area contributed by atoms with Crippen molar-refractivity contribution in [2.75, 3.05) is 5.01 Å². The average Bonchev–Trinajstić information content (AvgIpc) is 3.20. The number of anilines is 1. The van der Waals surface area contributed by atoms with Crippen molar-refractivity contribution in [3.8, 4) is 11.1 Å². The Kier molecular flexibility index (Phi) is 5.56. The Labute approximate surface area is 186 Å². The number of nitrogens with two attached hydrogens (primary N) is 1. The van der Waals surface area contributed by atoms with E-state index < -0.39 is 11.5 Å². The van der Waals surface area contributed by atoms with Crippen LogP contribution in [0.2, 0.25) is 5.02 Å². The predicted molar refractivity (Wildman–Crippen MR) is 125 cm³/mol. The molecule has 0 fully saturated rings. The number of amides is 1. The van der Waals surface area contributed by atoms with Gasteiger partial charge in [-0.3, -0.25) is 9.80 Å². The second-order valence-electron chi connectivity index (χ2n) is 8.19. The number of benzene rings is 3. The van der Waals surface area contributed by atoms with Crippen molar-refractivity contribution in [1.82, 2.24) is 0 Å². The monoisotopic (exact) mass is 433 g/mol. The van der Waals surface area contributed by atoms with Crippen molar-refractivity contribution in [3.63, 3.8) is 0 Å². The zero-order chi connectivity index (χ0) is 22.2. The van der Waals surface area contributed by atoms with E-state index >= 15 is 0 Å². The van der Waals surface area contributed by atoms with Crippen LogP contribution in [0.4, 0.5) is 5.69 Å². The van der Waals surface area contributed by atoms with Gasteiger partial charge >= 0.3 is 0 Å². The number of carbonyl (C=O) groups is 1. The van der Waals surface area contributed by atoms with E-state index in [9.17, 15) is 9.90 Å². The van der Waals surface area contributed by atoms with E-state index in [2.05, 4.69) is 0 Å². The van der Waals surface area contributed by atoms with Crippen molar-refractivity contribution in [3.05, 3.63) is 88.9 Å². The Hall–Kier alpha value is -3.15. The van der Waals surface area contributed by atoms with Gasteiger partial charge in [-0.1, -0.05) is 60.1 Å². The summed E-state index contributed by atoms with van der Waals surface area (Å²) < 4.78 is 0. The van der Waals surface area contributed by atoms with Gasteiger partial charge < -0.3 is 10.8 Å². The molecule has 0 saturated carbocycles. The Morgan fingerprint density at radius 1 is 1.06 bits per heavy atom. The first-order chi connectivity index (χ1) is 14.7. The summed E-state index contributed by atoms with van der Waals surface area (Å²) in [4.78, 5) is 11.5. The summed E-state index contributed by atoms with van der Waals surface area (Å²) in [5, 5.41) is 17.8. The molecule has 1 aliphatic rings. The molecule has 0 bridgehead atoms. The molecule has 3 aromatic rings. The van der Waals surface area contributed by atoms with E-state index in [1.54, 1.807) is 26.0 Å². The van der Waals surface area contributed by atoms with Crippen molar-refractivity contribution < 1.29 is 9.90 Å². The summed E-state index contributed by atoms with van der Waals surface area (Å²) in [7, 11) is 0. The summed E-state index contributed by atoms with van der Waals surface area (Å²) in [6.45, 7) is 3.49. The summed E-state index contributed by atoms with van der Waals surface area (Å²) in [5.74, 6) is -0.448. The lowest BCUT2D eigenvalue weighted by Crippen LogP contribution is -2.30. The van der Waals surface area contributed by atoms with Crippen LogP contribution >= 0.6 is 11.6 Å². The average molecular weight is 434 g/mol. The van der Waals surface area contributed by atoms with Crippen LogP contribution in [0.15, 0.2) is 77.9 Å².